The molecule has 0 saturated heterocycles. The van der Waals surface area contributed by atoms with E-state index in [1.165, 1.54) is 0 Å². The van der Waals surface area contributed by atoms with Crippen molar-refractivity contribution in [1.82, 2.24) is 0 Å². The van der Waals surface area contributed by atoms with Gasteiger partial charge in [-0.3, -0.25) is 9.59 Å². The summed E-state index contributed by atoms with van der Waals surface area (Å²) >= 11 is 0. The minimum atomic E-state index is -0.884. The Hall–Kier alpha value is -1.32. The minimum absolute atomic E-state index is 0.0157. The Morgan fingerprint density at radius 1 is 1.33 bits per heavy atom. The summed E-state index contributed by atoms with van der Waals surface area (Å²) in [7, 11) is 0. The first kappa shape index (κ1) is 10.2. The molecule has 4 heteroatoms. The first-order valence-electron chi connectivity index (χ1n) is 5.23. The van der Waals surface area contributed by atoms with Crippen molar-refractivity contribution in [2.24, 2.45) is 23.7 Å². The summed E-state index contributed by atoms with van der Waals surface area (Å²) in [6, 6.07) is 0. The normalized spacial score (nSPS) is 36.9. The van der Waals surface area contributed by atoms with Gasteiger partial charge in [-0.25, -0.2) is 0 Å². The summed E-state index contributed by atoms with van der Waals surface area (Å²) < 4.78 is 4.92. The van der Waals surface area contributed by atoms with Gasteiger partial charge in [0.15, 0.2) is 0 Å². The quantitative estimate of drug-likeness (QED) is 0.559. The molecule has 0 aliphatic heterocycles. The number of fused-ring (bicyclic) bond motifs is 2. The molecule has 2 rings (SSSR count). The van der Waals surface area contributed by atoms with Gasteiger partial charge in [-0.2, -0.15) is 0 Å². The fourth-order valence-corrected chi connectivity index (χ4v) is 2.72. The number of ether oxygens (including phenoxy) is 1. The van der Waals surface area contributed by atoms with Crippen LogP contribution in [0.4, 0.5) is 0 Å². The van der Waals surface area contributed by atoms with Crippen LogP contribution in [0.2, 0.25) is 0 Å². The third kappa shape index (κ3) is 1.54. The second-order valence-corrected chi connectivity index (χ2v) is 4.09. The molecule has 1 fully saturated rings. The van der Waals surface area contributed by atoms with E-state index < -0.39 is 17.8 Å². The van der Waals surface area contributed by atoms with Crippen LogP contribution in [0.15, 0.2) is 12.2 Å². The van der Waals surface area contributed by atoms with Crippen LogP contribution in [0.25, 0.3) is 0 Å². The topological polar surface area (TPSA) is 63.6 Å². The molecule has 2 bridgehead atoms. The fourth-order valence-electron chi connectivity index (χ4n) is 2.72. The van der Waals surface area contributed by atoms with Crippen molar-refractivity contribution in [2.45, 2.75) is 13.3 Å². The summed E-state index contributed by atoms with van der Waals surface area (Å²) in [5, 5.41) is 9.08. The number of esters is 1. The van der Waals surface area contributed by atoms with Gasteiger partial charge in [0.25, 0.3) is 0 Å². The molecule has 1 saturated carbocycles. The molecule has 2 aliphatic rings. The van der Waals surface area contributed by atoms with Crippen molar-refractivity contribution in [3.05, 3.63) is 12.2 Å². The zero-order valence-corrected chi connectivity index (χ0v) is 8.55. The molecule has 0 amide bonds. The molecule has 0 aromatic carbocycles. The molecule has 4 nitrogen and oxygen atoms in total. The second kappa shape index (κ2) is 3.68. The lowest BCUT2D eigenvalue weighted by Crippen LogP contribution is -2.34. The Morgan fingerprint density at radius 2 is 1.93 bits per heavy atom. The smallest absolute Gasteiger partial charge is 0.310 e. The largest absolute Gasteiger partial charge is 0.481 e. The lowest BCUT2D eigenvalue weighted by molar-refractivity contribution is -0.158. The van der Waals surface area contributed by atoms with Crippen molar-refractivity contribution in [3.8, 4) is 0 Å². The van der Waals surface area contributed by atoms with Gasteiger partial charge in [0.05, 0.1) is 18.4 Å². The van der Waals surface area contributed by atoms with Crippen LogP contribution < -0.4 is 0 Å². The average molecular weight is 210 g/mol. The van der Waals surface area contributed by atoms with Crippen LogP contribution in [0.1, 0.15) is 13.3 Å². The first-order valence-corrected chi connectivity index (χ1v) is 5.23. The molecule has 0 heterocycles. The van der Waals surface area contributed by atoms with Crippen LogP contribution >= 0.6 is 0 Å². The van der Waals surface area contributed by atoms with E-state index in [1.54, 1.807) is 6.92 Å². The second-order valence-electron chi connectivity index (χ2n) is 4.09. The molecule has 1 N–H and O–H groups in total. The van der Waals surface area contributed by atoms with E-state index in [2.05, 4.69) is 0 Å². The molecule has 2 unspecified atom stereocenters. The van der Waals surface area contributed by atoms with Gasteiger partial charge < -0.3 is 9.84 Å². The molecule has 0 radical (unpaired) electrons. The van der Waals surface area contributed by atoms with E-state index in [0.717, 1.165) is 6.42 Å². The molecule has 2 aliphatic carbocycles. The highest BCUT2D eigenvalue weighted by Crippen LogP contribution is 2.48. The summed E-state index contributed by atoms with van der Waals surface area (Å²) in [5.41, 5.74) is 0. The van der Waals surface area contributed by atoms with E-state index in [0.29, 0.717) is 6.61 Å². The SMILES string of the molecule is CCOC(=O)[C@H]1C2C=CC(C2)[C@H]1C(=O)O. The number of carboxylic acids is 1. The van der Waals surface area contributed by atoms with Gasteiger partial charge >= 0.3 is 11.9 Å². The number of hydrogen-bond acceptors (Lipinski definition) is 3. The van der Waals surface area contributed by atoms with Crippen LogP contribution in [-0.2, 0) is 14.3 Å². The van der Waals surface area contributed by atoms with Crippen LogP contribution in [0, 0.1) is 23.7 Å². The van der Waals surface area contributed by atoms with Crippen LogP contribution in [-0.4, -0.2) is 23.7 Å². The van der Waals surface area contributed by atoms with E-state index in [9.17, 15) is 9.59 Å². The highest BCUT2D eigenvalue weighted by molar-refractivity contribution is 5.83. The average Bonchev–Trinajstić information content (AvgIpc) is 2.76. The molecule has 82 valence electrons. The van der Waals surface area contributed by atoms with Gasteiger partial charge in [0, 0.05) is 0 Å². The number of carbonyl (C=O) groups excluding carboxylic acids is 1. The Balaban J connectivity index is 2.19. The summed E-state index contributed by atoms with van der Waals surface area (Å²) in [6.45, 7) is 2.04. The van der Waals surface area contributed by atoms with Crippen LogP contribution in [0.3, 0.4) is 0 Å². The van der Waals surface area contributed by atoms with E-state index in [4.69, 9.17) is 9.84 Å². The Bertz CT molecular complexity index is 321. The predicted molar refractivity (Wildman–Crippen MR) is 52.0 cm³/mol. The van der Waals surface area contributed by atoms with Crippen LogP contribution in [0.5, 0.6) is 0 Å². The van der Waals surface area contributed by atoms with E-state index in [-0.39, 0.29) is 17.8 Å². The highest BCUT2D eigenvalue weighted by Gasteiger charge is 2.52. The first-order chi connectivity index (χ1) is 7.15. The lowest BCUT2D eigenvalue weighted by Gasteiger charge is -2.22. The van der Waals surface area contributed by atoms with Crippen molar-refractivity contribution in [1.29, 1.82) is 0 Å². The summed E-state index contributed by atoms with van der Waals surface area (Å²) in [6.07, 6.45) is 4.64. The number of aliphatic carboxylic acids is 1. The molecule has 0 aromatic rings. The fraction of sp³-hybridized carbons (Fsp3) is 0.636. The lowest BCUT2D eigenvalue weighted by atomic mass is 9.83. The van der Waals surface area contributed by atoms with Gasteiger partial charge in [0.2, 0.25) is 0 Å². The van der Waals surface area contributed by atoms with Crippen molar-refractivity contribution in [2.75, 3.05) is 6.61 Å². The Labute approximate surface area is 87.9 Å². The maximum absolute atomic E-state index is 11.6. The molecule has 0 aromatic heterocycles. The third-order valence-electron chi connectivity index (χ3n) is 3.30. The summed E-state index contributed by atoms with van der Waals surface area (Å²) in [5.74, 6) is -2.22. The number of allylic oxidation sites excluding steroid dienone is 2. The Kier molecular flexibility index (Phi) is 2.50. The maximum atomic E-state index is 11.6. The van der Waals surface area contributed by atoms with Crippen molar-refractivity contribution < 1.29 is 19.4 Å². The van der Waals surface area contributed by atoms with Gasteiger partial charge in [-0.05, 0) is 25.2 Å². The molecule has 4 atom stereocenters. The number of rotatable bonds is 3. The van der Waals surface area contributed by atoms with Crippen molar-refractivity contribution in [3.63, 3.8) is 0 Å². The molecular formula is C11H14O4. The van der Waals surface area contributed by atoms with Gasteiger partial charge in [-0.1, -0.05) is 12.2 Å². The predicted octanol–water partition coefficient (Wildman–Crippen LogP) is 1.07. The molecular weight excluding hydrogens is 196 g/mol. The third-order valence-corrected chi connectivity index (χ3v) is 3.30. The zero-order chi connectivity index (χ0) is 11.0. The van der Waals surface area contributed by atoms with Gasteiger partial charge in [0.1, 0.15) is 0 Å². The highest BCUT2D eigenvalue weighted by atomic mass is 16.5. The molecule has 15 heavy (non-hydrogen) atoms. The van der Waals surface area contributed by atoms with E-state index >= 15 is 0 Å². The van der Waals surface area contributed by atoms with E-state index in [1.807, 2.05) is 12.2 Å². The minimum Gasteiger partial charge on any atom is -0.481 e. The number of carbonyl (C=O) groups is 2. The molecule has 0 spiro atoms. The monoisotopic (exact) mass is 210 g/mol. The number of carboxylic acid groups (broad SMARTS) is 1. The maximum Gasteiger partial charge on any atom is 0.310 e. The number of hydrogen-bond donors (Lipinski definition) is 1. The summed E-state index contributed by atoms with van der Waals surface area (Å²) in [4.78, 5) is 22.7. The standard InChI is InChI=1S/C11H14O4/c1-2-15-11(14)9-7-4-3-6(5-7)8(9)10(12)13/h3-4,6-9H,2,5H2,1H3,(H,12,13)/t6?,7?,8-,9+/m1/s1. The zero-order valence-electron chi connectivity index (χ0n) is 8.55. The Morgan fingerprint density at radius 3 is 2.47 bits per heavy atom. The van der Waals surface area contributed by atoms with Crippen molar-refractivity contribution >= 4 is 11.9 Å². The van der Waals surface area contributed by atoms with Gasteiger partial charge in [-0.15, -0.1) is 0 Å².